The molecule has 0 heterocycles. The van der Waals surface area contributed by atoms with Gasteiger partial charge in [-0.2, -0.15) is 0 Å². The van der Waals surface area contributed by atoms with Gasteiger partial charge in [0.05, 0.1) is 4.90 Å². The summed E-state index contributed by atoms with van der Waals surface area (Å²) in [6.07, 6.45) is 0. The molecule has 0 amide bonds. The average Bonchev–Trinajstić information content (AvgIpc) is 2.38. The standard InChI is InChI=1S/C15H14O3S/c1-10-6-7-14(15(8-10)19(17)18)13-5-3-4-12(9-13)11(2)16/h3-9H,1-2H3,(H,17,18). The number of benzene rings is 2. The Hall–Kier alpha value is -1.78. The molecule has 0 bridgehead atoms. The van der Waals surface area contributed by atoms with Crippen molar-refractivity contribution in [3.8, 4) is 11.1 Å². The van der Waals surface area contributed by atoms with Crippen LogP contribution in [0.3, 0.4) is 0 Å². The van der Waals surface area contributed by atoms with Crippen LogP contribution in [0.25, 0.3) is 11.1 Å². The third kappa shape index (κ3) is 2.97. The molecule has 0 aliphatic carbocycles. The van der Waals surface area contributed by atoms with Crippen LogP contribution in [0.5, 0.6) is 0 Å². The maximum atomic E-state index is 11.4. The van der Waals surface area contributed by atoms with Gasteiger partial charge in [0.1, 0.15) is 0 Å². The zero-order valence-corrected chi connectivity index (χ0v) is 11.5. The number of ketones is 1. The Morgan fingerprint density at radius 2 is 1.89 bits per heavy atom. The van der Waals surface area contributed by atoms with Crippen LogP contribution in [0.2, 0.25) is 0 Å². The summed E-state index contributed by atoms with van der Waals surface area (Å²) < 4.78 is 20.8. The van der Waals surface area contributed by atoms with Gasteiger partial charge >= 0.3 is 0 Å². The Balaban J connectivity index is 2.61. The van der Waals surface area contributed by atoms with Crippen molar-refractivity contribution < 1.29 is 13.6 Å². The van der Waals surface area contributed by atoms with Crippen molar-refractivity contribution in [2.45, 2.75) is 18.7 Å². The van der Waals surface area contributed by atoms with Gasteiger partial charge in [-0.15, -0.1) is 0 Å². The van der Waals surface area contributed by atoms with E-state index in [9.17, 15) is 13.6 Å². The van der Waals surface area contributed by atoms with Crippen molar-refractivity contribution in [2.75, 3.05) is 0 Å². The van der Waals surface area contributed by atoms with Gasteiger partial charge in [-0.1, -0.05) is 30.3 Å². The molecule has 19 heavy (non-hydrogen) atoms. The van der Waals surface area contributed by atoms with Gasteiger partial charge < -0.3 is 4.55 Å². The normalized spacial score (nSPS) is 12.2. The predicted molar refractivity (Wildman–Crippen MR) is 75.7 cm³/mol. The molecule has 0 fully saturated rings. The molecule has 0 saturated carbocycles. The van der Waals surface area contributed by atoms with Crippen molar-refractivity contribution >= 4 is 16.9 Å². The van der Waals surface area contributed by atoms with Crippen molar-refractivity contribution in [2.24, 2.45) is 0 Å². The Morgan fingerprint density at radius 3 is 2.53 bits per heavy atom. The fourth-order valence-corrected chi connectivity index (χ4v) is 2.58. The zero-order chi connectivity index (χ0) is 14.0. The minimum Gasteiger partial charge on any atom is -0.302 e. The average molecular weight is 274 g/mol. The first-order valence-electron chi connectivity index (χ1n) is 5.82. The molecule has 2 aromatic carbocycles. The molecular weight excluding hydrogens is 260 g/mol. The van der Waals surface area contributed by atoms with Crippen LogP contribution < -0.4 is 0 Å². The van der Waals surface area contributed by atoms with Gasteiger partial charge in [0.25, 0.3) is 0 Å². The number of rotatable bonds is 3. The molecule has 1 unspecified atom stereocenters. The SMILES string of the molecule is CC(=O)c1cccc(-c2ccc(C)cc2S(=O)O)c1. The Kier molecular flexibility index (Phi) is 3.93. The maximum Gasteiger partial charge on any atom is 0.187 e. The molecule has 1 atom stereocenters. The Morgan fingerprint density at radius 1 is 1.16 bits per heavy atom. The van der Waals surface area contributed by atoms with Crippen molar-refractivity contribution in [1.29, 1.82) is 0 Å². The molecule has 0 aromatic heterocycles. The van der Waals surface area contributed by atoms with Crippen LogP contribution in [-0.4, -0.2) is 14.5 Å². The number of Topliss-reactive ketones (excluding diaryl/α,β-unsaturated/α-hetero) is 1. The third-order valence-corrected chi connectivity index (χ3v) is 3.62. The van der Waals surface area contributed by atoms with E-state index in [1.54, 1.807) is 30.3 Å². The minimum absolute atomic E-state index is 0.0272. The van der Waals surface area contributed by atoms with Gasteiger partial charge in [0.15, 0.2) is 16.9 Å². The number of hydrogen-bond donors (Lipinski definition) is 1. The van der Waals surface area contributed by atoms with E-state index in [0.717, 1.165) is 11.1 Å². The second-order valence-electron chi connectivity index (χ2n) is 4.39. The molecule has 2 aromatic rings. The van der Waals surface area contributed by atoms with E-state index in [2.05, 4.69) is 0 Å². The first kappa shape index (κ1) is 13.6. The molecule has 1 N–H and O–H groups in total. The molecular formula is C15H14O3S. The molecule has 4 heteroatoms. The zero-order valence-electron chi connectivity index (χ0n) is 10.7. The van der Waals surface area contributed by atoms with Gasteiger partial charge in [-0.25, -0.2) is 4.21 Å². The highest BCUT2D eigenvalue weighted by Gasteiger charge is 2.11. The van der Waals surface area contributed by atoms with Crippen molar-refractivity contribution in [3.05, 3.63) is 53.6 Å². The van der Waals surface area contributed by atoms with E-state index < -0.39 is 11.1 Å². The number of hydrogen-bond acceptors (Lipinski definition) is 2. The monoisotopic (exact) mass is 274 g/mol. The molecule has 0 radical (unpaired) electrons. The highest BCUT2D eigenvalue weighted by Crippen LogP contribution is 2.27. The smallest absolute Gasteiger partial charge is 0.187 e. The van der Waals surface area contributed by atoms with Crippen molar-refractivity contribution in [1.82, 2.24) is 0 Å². The lowest BCUT2D eigenvalue weighted by molar-refractivity contribution is 0.101. The summed E-state index contributed by atoms with van der Waals surface area (Å²) >= 11 is -2.05. The summed E-state index contributed by atoms with van der Waals surface area (Å²) in [7, 11) is 0. The largest absolute Gasteiger partial charge is 0.302 e. The number of carbonyl (C=O) groups is 1. The molecule has 0 aliphatic heterocycles. The molecule has 98 valence electrons. The van der Waals surface area contributed by atoms with Crippen LogP contribution in [0.1, 0.15) is 22.8 Å². The van der Waals surface area contributed by atoms with Crippen LogP contribution in [0.15, 0.2) is 47.4 Å². The first-order chi connectivity index (χ1) is 8.99. The second kappa shape index (κ2) is 5.47. The van der Waals surface area contributed by atoms with Gasteiger partial charge in [-0.3, -0.25) is 4.79 Å². The van der Waals surface area contributed by atoms with E-state index in [1.165, 1.54) is 6.92 Å². The quantitative estimate of drug-likeness (QED) is 0.689. The van der Waals surface area contributed by atoms with Crippen LogP contribution in [0.4, 0.5) is 0 Å². The molecule has 3 nitrogen and oxygen atoms in total. The highest BCUT2D eigenvalue weighted by atomic mass is 32.2. The summed E-state index contributed by atoms with van der Waals surface area (Å²) in [6, 6.07) is 12.4. The summed E-state index contributed by atoms with van der Waals surface area (Å²) in [4.78, 5) is 11.8. The number of carbonyl (C=O) groups excluding carboxylic acids is 1. The fourth-order valence-electron chi connectivity index (χ4n) is 1.92. The Bertz CT molecular complexity index is 662. The minimum atomic E-state index is -2.05. The lowest BCUT2D eigenvalue weighted by atomic mass is 10.0. The molecule has 0 spiro atoms. The van der Waals surface area contributed by atoms with Gasteiger partial charge in [0.2, 0.25) is 0 Å². The fraction of sp³-hybridized carbons (Fsp3) is 0.133. The van der Waals surface area contributed by atoms with Crippen LogP contribution in [0, 0.1) is 6.92 Å². The van der Waals surface area contributed by atoms with E-state index in [0.29, 0.717) is 16.0 Å². The van der Waals surface area contributed by atoms with E-state index in [4.69, 9.17) is 0 Å². The topological polar surface area (TPSA) is 54.4 Å². The van der Waals surface area contributed by atoms with Crippen LogP contribution in [-0.2, 0) is 11.1 Å². The van der Waals surface area contributed by atoms with E-state index in [1.807, 2.05) is 19.1 Å². The van der Waals surface area contributed by atoms with Gasteiger partial charge in [0, 0.05) is 11.1 Å². The summed E-state index contributed by atoms with van der Waals surface area (Å²) in [5, 5.41) is 0. The molecule has 0 saturated heterocycles. The predicted octanol–water partition coefficient (Wildman–Crippen LogP) is 3.45. The van der Waals surface area contributed by atoms with Crippen molar-refractivity contribution in [3.63, 3.8) is 0 Å². The summed E-state index contributed by atoms with van der Waals surface area (Å²) in [6.45, 7) is 3.37. The van der Waals surface area contributed by atoms with E-state index in [-0.39, 0.29) is 5.78 Å². The second-order valence-corrected chi connectivity index (χ2v) is 5.32. The van der Waals surface area contributed by atoms with Crippen LogP contribution >= 0.6 is 0 Å². The lowest BCUT2D eigenvalue weighted by Crippen LogP contribution is -1.96. The third-order valence-electron chi connectivity index (χ3n) is 2.91. The number of aryl methyl sites for hydroxylation is 1. The molecule has 0 aliphatic rings. The van der Waals surface area contributed by atoms with E-state index >= 15 is 0 Å². The maximum absolute atomic E-state index is 11.4. The summed E-state index contributed by atoms with van der Waals surface area (Å²) in [5.74, 6) is -0.0272. The first-order valence-corrected chi connectivity index (χ1v) is 6.92. The highest BCUT2D eigenvalue weighted by molar-refractivity contribution is 7.79. The van der Waals surface area contributed by atoms with Gasteiger partial charge in [-0.05, 0) is 37.1 Å². The summed E-state index contributed by atoms with van der Waals surface area (Å²) in [5.41, 5.74) is 2.95. The Labute approximate surface area is 114 Å². The lowest BCUT2D eigenvalue weighted by Gasteiger charge is -2.09. The molecule has 2 rings (SSSR count).